The smallest absolute Gasteiger partial charge is 0.179 e. The molecule has 3 heterocycles. The monoisotopic (exact) mass is 914 g/mol. The van der Waals surface area contributed by atoms with Crippen LogP contribution in [-0.4, -0.2) is 27.6 Å². The molecule has 0 aliphatic heterocycles. The number of benzene rings is 10. The van der Waals surface area contributed by atoms with Crippen LogP contribution in [0.25, 0.3) is 93.0 Å². The molecule has 10 aromatic carbocycles. The summed E-state index contributed by atoms with van der Waals surface area (Å²) in [6, 6.07) is 92.0. The normalized spacial score (nSPS) is 11.8. The molecule has 0 atom stereocenters. The number of aromatic nitrogens is 4. The van der Waals surface area contributed by atoms with Gasteiger partial charge >= 0.3 is 0 Å². The zero-order chi connectivity index (χ0) is 45.7. The highest BCUT2D eigenvalue weighted by molar-refractivity contribution is 7.25. The van der Waals surface area contributed by atoms with Crippen LogP contribution in [0.4, 0.5) is 0 Å². The third-order valence-electron chi connectivity index (χ3n) is 13.6. The predicted octanol–water partition coefficient (Wildman–Crippen LogP) is 13.4. The summed E-state index contributed by atoms with van der Waals surface area (Å²) in [5.74, 6) is 1.83. The topological polar surface area (TPSA) is 43.6 Å². The summed E-state index contributed by atoms with van der Waals surface area (Å²) in [4.78, 5) is 16.4. The van der Waals surface area contributed by atoms with E-state index in [2.05, 4.69) is 259 Å². The molecule has 324 valence electrons. The minimum absolute atomic E-state index is 0.604. The van der Waals surface area contributed by atoms with Gasteiger partial charge in [-0.05, 0) is 74.3 Å². The number of hydrogen-bond acceptors (Lipinski definition) is 4. The Morgan fingerprint density at radius 1 is 0.304 bits per heavy atom. The van der Waals surface area contributed by atoms with E-state index in [1.54, 1.807) is 0 Å². The number of para-hydroxylation sites is 3. The Hall–Kier alpha value is -8.55. The lowest BCUT2D eigenvalue weighted by Crippen LogP contribution is -2.74. The van der Waals surface area contributed by atoms with E-state index in [-0.39, 0.29) is 0 Å². The van der Waals surface area contributed by atoms with E-state index in [1.807, 2.05) is 11.3 Å². The van der Waals surface area contributed by atoms with E-state index in [0.717, 1.165) is 44.5 Å². The van der Waals surface area contributed by atoms with Crippen LogP contribution in [0.15, 0.2) is 255 Å². The Kier molecular flexibility index (Phi) is 10.00. The largest absolute Gasteiger partial charge is 0.309 e. The summed E-state index contributed by atoms with van der Waals surface area (Å²) in [5.41, 5.74) is 8.27. The summed E-state index contributed by atoms with van der Waals surface area (Å²) in [6.07, 6.45) is 0. The Bertz CT molecular complexity index is 3880. The van der Waals surface area contributed by atoms with Crippen molar-refractivity contribution in [3.8, 4) is 51.0 Å². The average molecular weight is 915 g/mol. The number of rotatable bonds is 9. The second-order valence-electron chi connectivity index (χ2n) is 17.5. The van der Waals surface area contributed by atoms with Gasteiger partial charge in [-0.1, -0.05) is 212 Å². The molecular weight excluding hydrogens is 873 g/mol. The van der Waals surface area contributed by atoms with Crippen molar-refractivity contribution in [1.29, 1.82) is 0 Å². The van der Waals surface area contributed by atoms with Gasteiger partial charge in [-0.15, -0.1) is 11.3 Å². The lowest BCUT2D eigenvalue weighted by molar-refractivity contribution is 1.06. The molecule has 0 fully saturated rings. The minimum Gasteiger partial charge on any atom is -0.309 e. The molecule has 3 aromatic heterocycles. The third-order valence-corrected chi connectivity index (χ3v) is 19.5. The molecule has 0 saturated heterocycles. The van der Waals surface area contributed by atoms with E-state index in [1.165, 1.54) is 51.7 Å². The van der Waals surface area contributed by atoms with Crippen molar-refractivity contribution in [2.45, 2.75) is 0 Å². The standard InChI is InChI=1S/C63H42N4SSi/c1-4-23-47(24-5-1)69(48-25-6-2-7-26-48,49-27-8-3-9-28-49)50-29-19-22-46(41-50)62-64-61(45-21-18-20-43(40-45)44-38-39-54-53-32-13-17-37-59(53)68-60(54)42-44)65-63(66-62)55-33-12-16-36-58(55)67-56-34-14-10-30-51(56)52-31-11-15-35-57(52)67/h1-42H. The van der Waals surface area contributed by atoms with E-state index in [9.17, 15) is 0 Å². The summed E-state index contributed by atoms with van der Waals surface area (Å²) in [5, 5.41) is 10.1. The Morgan fingerprint density at radius 2 is 0.768 bits per heavy atom. The van der Waals surface area contributed by atoms with Crippen molar-refractivity contribution in [3.05, 3.63) is 255 Å². The highest BCUT2D eigenvalue weighted by atomic mass is 32.1. The zero-order valence-electron chi connectivity index (χ0n) is 37.4. The van der Waals surface area contributed by atoms with Gasteiger partial charge in [0, 0.05) is 47.6 Å². The van der Waals surface area contributed by atoms with Gasteiger partial charge in [-0.25, -0.2) is 15.0 Å². The van der Waals surface area contributed by atoms with Crippen LogP contribution >= 0.6 is 11.3 Å². The molecule has 0 spiro atoms. The highest BCUT2D eigenvalue weighted by Gasteiger charge is 2.41. The number of nitrogens with zero attached hydrogens (tertiary/aromatic N) is 4. The minimum atomic E-state index is -2.87. The average Bonchev–Trinajstić information content (AvgIpc) is 3.97. The first kappa shape index (κ1) is 40.7. The van der Waals surface area contributed by atoms with Gasteiger partial charge in [0.2, 0.25) is 0 Å². The molecule has 0 N–H and O–H groups in total. The molecule has 4 nitrogen and oxygen atoms in total. The summed E-state index contributed by atoms with van der Waals surface area (Å²) in [6.45, 7) is 0. The molecule has 0 unspecified atom stereocenters. The van der Waals surface area contributed by atoms with Crippen molar-refractivity contribution < 1.29 is 0 Å². The van der Waals surface area contributed by atoms with E-state index in [0.29, 0.717) is 17.5 Å². The van der Waals surface area contributed by atoms with Gasteiger partial charge in [-0.2, -0.15) is 0 Å². The van der Waals surface area contributed by atoms with E-state index < -0.39 is 8.07 Å². The van der Waals surface area contributed by atoms with Gasteiger partial charge in [-0.3, -0.25) is 0 Å². The molecule has 0 aliphatic carbocycles. The van der Waals surface area contributed by atoms with Crippen molar-refractivity contribution in [1.82, 2.24) is 19.5 Å². The first-order valence-electron chi connectivity index (χ1n) is 23.3. The fraction of sp³-hybridized carbons (Fsp3) is 0. The van der Waals surface area contributed by atoms with Crippen molar-refractivity contribution in [2.24, 2.45) is 0 Å². The Balaban J connectivity index is 1.03. The molecular formula is C63H42N4SSi. The van der Waals surface area contributed by atoms with Crippen LogP contribution in [0, 0.1) is 0 Å². The first-order valence-corrected chi connectivity index (χ1v) is 26.2. The molecule has 13 aromatic rings. The van der Waals surface area contributed by atoms with Crippen LogP contribution in [0.3, 0.4) is 0 Å². The van der Waals surface area contributed by atoms with Crippen LogP contribution in [-0.2, 0) is 0 Å². The Morgan fingerprint density at radius 3 is 1.42 bits per heavy atom. The van der Waals surface area contributed by atoms with Gasteiger partial charge in [0.15, 0.2) is 25.5 Å². The molecule has 0 amide bonds. The van der Waals surface area contributed by atoms with Crippen LogP contribution in [0.2, 0.25) is 0 Å². The fourth-order valence-electron chi connectivity index (χ4n) is 10.5. The van der Waals surface area contributed by atoms with Crippen molar-refractivity contribution >= 4 is 82.1 Å². The second kappa shape index (κ2) is 17.0. The van der Waals surface area contributed by atoms with Gasteiger partial charge in [0.25, 0.3) is 0 Å². The maximum Gasteiger partial charge on any atom is 0.179 e. The molecule has 0 bridgehead atoms. The zero-order valence-corrected chi connectivity index (χ0v) is 39.3. The SMILES string of the molecule is c1ccc([Si](c2ccccc2)(c2ccccc2)c2cccc(-c3nc(-c4cccc(-c5ccc6c(c5)sc5ccccc56)c4)nc(-c4ccccc4-n4c5ccccc5c5ccccc54)n3)c2)cc1. The lowest BCUT2D eigenvalue weighted by Gasteiger charge is -2.34. The van der Waals surface area contributed by atoms with Gasteiger partial charge in [0.1, 0.15) is 0 Å². The maximum absolute atomic E-state index is 5.49. The van der Waals surface area contributed by atoms with E-state index in [4.69, 9.17) is 15.0 Å². The molecule has 0 saturated carbocycles. The molecule has 69 heavy (non-hydrogen) atoms. The summed E-state index contributed by atoms with van der Waals surface area (Å²) in [7, 11) is -2.87. The number of thiophene rings is 1. The second-order valence-corrected chi connectivity index (χ2v) is 22.4. The lowest BCUT2D eigenvalue weighted by atomic mass is 10.0. The maximum atomic E-state index is 5.49. The quantitative estimate of drug-likeness (QED) is 0.107. The van der Waals surface area contributed by atoms with Gasteiger partial charge < -0.3 is 4.57 Å². The summed E-state index contributed by atoms with van der Waals surface area (Å²) < 4.78 is 4.92. The Labute approximate surface area is 405 Å². The van der Waals surface area contributed by atoms with Crippen molar-refractivity contribution in [2.75, 3.05) is 0 Å². The number of hydrogen-bond donors (Lipinski definition) is 0. The summed E-state index contributed by atoms with van der Waals surface area (Å²) >= 11 is 1.84. The van der Waals surface area contributed by atoms with Crippen LogP contribution in [0.5, 0.6) is 0 Å². The predicted molar refractivity (Wildman–Crippen MR) is 292 cm³/mol. The fourth-order valence-corrected chi connectivity index (χ4v) is 16.4. The molecule has 13 rings (SSSR count). The number of fused-ring (bicyclic) bond motifs is 6. The first-order chi connectivity index (χ1) is 34.2. The molecule has 0 radical (unpaired) electrons. The van der Waals surface area contributed by atoms with Crippen LogP contribution < -0.4 is 20.7 Å². The highest BCUT2D eigenvalue weighted by Crippen LogP contribution is 2.39. The van der Waals surface area contributed by atoms with Gasteiger partial charge in [0.05, 0.1) is 16.7 Å². The van der Waals surface area contributed by atoms with E-state index >= 15 is 0 Å². The van der Waals surface area contributed by atoms with Crippen molar-refractivity contribution in [3.63, 3.8) is 0 Å². The van der Waals surface area contributed by atoms with Crippen LogP contribution in [0.1, 0.15) is 0 Å². The third kappa shape index (κ3) is 6.91. The molecule has 0 aliphatic rings. The molecule has 6 heteroatoms.